The molecule has 0 aliphatic carbocycles. The van der Waals surface area contributed by atoms with Crippen molar-refractivity contribution in [2.75, 3.05) is 43.9 Å². The second-order valence-electron chi connectivity index (χ2n) is 10.5. The van der Waals surface area contributed by atoms with Crippen molar-refractivity contribution < 1.29 is 9.53 Å². The highest BCUT2D eigenvalue weighted by atomic mass is 32.1. The summed E-state index contributed by atoms with van der Waals surface area (Å²) >= 11 is 5.70. The smallest absolute Gasteiger partial charge is 0.321 e. The van der Waals surface area contributed by atoms with Crippen LogP contribution in [0.4, 0.5) is 16.2 Å². The maximum Gasteiger partial charge on any atom is 0.321 e. The molecule has 2 N–H and O–H groups in total. The Bertz CT molecular complexity index is 1080. The summed E-state index contributed by atoms with van der Waals surface area (Å²) in [6, 6.07) is 14.3. The number of nitrogens with one attached hydrogen (secondary N) is 2. The zero-order valence-corrected chi connectivity index (χ0v) is 22.9. The molecule has 36 heavy (non-hydrogen) atoms. The van der Waals surface area contributed by atoms with Gasteiger partial charge >= 0.3 is 6.03 Å². The third-order valence-corrected chi connectivity index (χ3v) is 8.07. The zero-order valence-electron chi connectivity index (χ0n) is 22.1. The van der Waals surface area contributed by atoms with Crippen molar-refractivity contribution in [1.82, 2.24) is 9.80 Å². The molecule has 2 aromatic rings. The lowest BCUT2D eigenvalue weighted by Crippen LogP contribution is -2.46. The van der Waals surface area contributed by atoms with E-state index in [4.69, 9.17) is 17.0 Å². The Labute approximate surface area is 221 Å². The molecule has 194 valence electrons. The van der Waals surface area contributed by atoms with Crippen molar-refractivity contribution >= 4 is 34.7 Å². The Hall–Kier alpha value is -2.80. The molecule has 2 fully saturated rings. The molecule has 0 atom stereocenters. The lowest BCUT2D eigenvalue weighted by atomic mass is 9.78. The molecular formula is C29H40N4O2S. The molecule has 2 aliphatic rings. The van der Waals surface area contributed by atoms with E-state index in [1.807, 2.05) is 29.2 Å². The van der Waals surface area contributed by atoms with Gasteiger partial charge in [0.2, 0.25) is 0 Å². The van der Waals surface area contributed by atoms with Crippen molar-refractivity contribution in [2.24, 2.45) is 5.41 Å². The number of amides is 2. The fourth-order valence-corrected chi connectivity index (χ4v) is 5.82. The Morgan fingerprint density at radius 1 is 1.06 bits per heavy atom. The minimum Gasteiger partial charge on any atom is -0.497 e. The number of piperidine rings is 1. The van der Waals surface area contributed by atoms with E-state index >= 15 is 0 Å². The first-order valence-electron chi connectivity index (χ1n) is 13.2. The van der Waals surface area contributed by atoms with Crippen molar-refractivity contribution in [1.29, 1.82) is 0 Å². The predicted molar refractivity (Wildman–Crippen MR) is 152 cm³/mol. The van der Waals surface area contributed by atoms with Crippen LogP contribution in [-0.2, 0) is 6.42 Å². The van der Waals surface area contributed by atoms with Crippen LogP contribution < -0.4 is 15.4 Å². The Morgan fingerprint density at radius 3 is 2.42 bits per heavy atom. The van der Waals surface area contributed by atoms with E-state index in [1.165, 1.54) is 11.1 Å². The maximum absolute atomic E-state index is 13.4. The number of urea groups is 1. The highest BCUT2D eigenvalue weighted by molar-refractivity contribution is 7.80. The number of carbonyl (C=O) groups is 1. The molecule has 2 aromatic carbocycles. The van der Waals surface area contributed by atoms with Gasteiger partial charge in [-0.25, -0.2) is 4.79 Å². The topological polar surface area (TPSA) is 56.8 Å². The summed E-state index contributed by atoms with van der Waals surface area (Å²) in [5.74, 6) is 1.17. The van der Waals surface area contributed by atoms with Gasteiger partial charge in [-0.3, -0.25) is 0 Å². The third-order valence-electron chi connectivity index (χ3n) is 7.71. The number of likely N-dealkylation sites (tertiary alicyclic amines) is 2. The second kappa shape index (κ2) is 11.5. The fourth-order valence-electron chi connectivity index (χ4n) is 5.52. The van der Waals surface area contributed by atoms with Crippen molar-refractivity contribution in [3.8, 4) is 5.75 Å². The molecule has 0 bridgehead atoms. The van der Waals surface area contributed by atoms with Gasteiger partial charge in [0.25, 0.3) is 0 Å². The summed E-state index contributed by atoms with van der Waals surface area (Å²) in [4.78, 5) is 17.6. The normalized spacial score (nSPS) is 16.9. The van der Waals surface area contributed by atoms with E-state index in [-0.39, 0.29) is 11.4 Å². The van der Waals surface area contributed by atoms with Crippen molar-refractivity contribution in [3.05, 3.63) is 53.6 Å². The summed E-state index contributed by atoms with van der Waals surface area (Å²) in [5, 5.41) is 7.41. The summed E-state index contributed by atoms with van der Waals surface area (Å²) < 4.78 is 5.31. The van der Waals surface area contributed by atoms with Crippen LogP contribution in [0.5, 0.6) is 5.75 Å². The first-order chi connectivity index (χ1) is 17.3. The SMILES string of the molecule is CCCc1cccc(C(C)C)c1NC(=O)N1CCC2(CCN(C(=S)Nc3cccc(OC)c3)CC2)C1. The molecule has 2 saturated heterocycles. The average Bonchev–Trinajstić information content (AvgIpc) is 3.29. The summed E-state index contributed by atoms with van der Waals surface area (Å²) in [5.41, 5.74) is 4.59. The number of hydrogen-bond donors (Lipinski definition) is 2. The summed E-state index contributed by atoms with van der Waals surface area (Å²) in [7, 11) is 1.67. The van der Waals surface area contributed by atoms with Gasteiger partial charge in [-0.15, -0.1) is 0 Å². The molecule has 1 spiro atoms. The van der Waals surface area contributed by atoms with Gasteiger partial charge in [-0.2, -0.15) is 0 Å². The molecule has 7 heteroatoms. The molecule has 0 aromatic heterocycles. The number of thiocarbonyl (C=S) groups is 1. The number of anilines is 2. The number of benzene rings is 2. The van der Waals surface area contributed by atoms with Crippen LogP contribution in [0, 0.1) is 5.41 Å². The highest BCUT2D eigenvalue weighted by Gasteiger charge is 2.42. The Morgan fingerprint density at radius 2 is 1.75 bits per heavy atom. The fraction of sp³-hybridized carbons (Fsp3) is 0.517. The summed E-state index contributed by atoms with van der Waals surface area (Å²) in [6.45, 7) is 9.99. The quantitative estimate of drug-likeness (QED) is 0.437. The zero-order chi connectivity index (χ0) is 25.7. The van der Waals surface area contributed by atoms with E-state index in [9.17, 15) is 4.79 Å². The minimum absolute atomic E-state index is 0.0370. The lowest BCUT2D eigenvalue weighted by molar-refractivity contribution is 0.154. The summed E-state index contributed by atoms with van der Waals surface area (Å²) in [6.07, 6.45) is 5.17. The number of nitrogens with zero attached hydrogens (tertiary/aromatic N) is 2. The van der Waals surface area contributed by atoms with Gasteiger partial charge in [-0.1, -0.05) is 51.5 Å². The van der Waals surface area contributed by atoms with Gasteiger partial charge in [0.05, 0.1) is 7.11 Å². The van der Waals surface area contributed by atoms with E-state index in [0.29, 0.717) is 5.92 Å². The van der Waals surface area contributed by atoms with Crippen LogP contribution in [0.2, 0.25) is 0 Å². The van der Waals surface area contributed by atoms with Crippen molar-refractivity contribution in [2.45, 2.75) is 58.8 Å². The number of ether oxygens (including phenoxy) is 1. The standard InChI is InChI=1S/C29H40N4O2S/c1-5-8-22-9-6-12-25(21(2)3)26(22)31-27(34)33-18-15-29(20-33)13-16-32(17-14-29)28(36)30-23-10-7-11-24(19-23)35-4/h6-7,9-12,19,21H,5,8,13-18,20H2,1-4H3,(H,30,36)(H,31,34). The van der Waals surface area contributed by atoms with Crippen LogP contribution >= 0.6 is 12.2 Å². The van der Waals surface area contributed by atoms with Gasteiger partial charge in [0.1, 0.15) is 5.75 Å². The van der Waals surface area contributed by atoms with E-state index in [2.05, 4.69) is 54.5 Å². The van der Waals surface area contributed by atoms with Crippen LogP contribution in [-0.4, -0.2) is 54.2 Å². The largest absolute Gasteiger partial charge is 0.497 e. The van der Waals surface area contributed by atoms with E-state index < -0.39 is 0 Å². The van der Waals surface area contributed by atoms with Gasteiger partial charge in [0.15, 0.2) is 5.11 Å². The molecule has 2 amide bonds. The number of para-hydroxylation sites is 1. The van der Waals surface area contributed by atoms with Crippen LogP contribution in [0.1, 0.15) is 63.5 Å². The minimum atomic E-state index is 0.0370. The molecule has 2 aliphatic heterocycles. The first kappa shape index (κ1) is 26.3. The average molecular weight is 509 g/mol. The highest BCUT2D eigenvalue weighted by Crippen LogP contribution is 2.41. The van der Waals surface area contributed by atoms with Crippen LogP contribution in [0.15, 0.2) is 42.5 Å². The molecule has 4 rings (SSSR count). The molecule has 0 radical (unpaired) electrons. The van der Waals surface area contributed by atoms with Gasteiger partial charge in [-0.05, 0) is 72.5 Å². The second-order valence-corrected chi connectivity index (χ2v) is 10.9. The molecular weight excluding hydrogens is 468 g/mol. The maximum atomic E-state index is 13.4. The predicted octanol–water partition coefficient (Wildman–Crippen LogP) is 6.49. The number of hydrogen-bond acceptors (Lipinski definition) is 3. The molecule has 6 nitrogen and oxygen atoms in total. The van der Waals surface area contributed by atoms with Crippen molar-refractivity contribution in [3.63, 3.8) is 0 Å². The van der Waals surface area contributed by atoms with E-state index in [1.54, 1.807) is 7.11 Å². The first-order valence-corrected chi connectivity index (χ1v) is 13.6. The Balaban J connectivity index is 1.34. The van der Waals surface area contributed by atoms with Crippen LogP contribution in [0.3, 0.4) is 0 Å². The third kappa shape index (κ3) is 5.94. The number of aryl methyl sites for hydroxylation is 1. The van der Waals surface area contributed by atoms with Crippen LogP contribution in [0.25, 0.3) is 0 Å². The number of methoxy groups -OCH3 is 1. The molecule has 2 heterocycles. The monoisotopic (exact) mass is 508 g/mol. The lowest BCUT2D eigenvalue weighted by Gasteiger charge is -2.40. The van der Waals surface area contributed by atoms with Gasteiger partial charge < -0.3 is 25.2 Å². The molecule has 0 unspecified atom stereocenters. The Kier molecular flexibility index (Phi) is 8.39. The number of carbonyl (C=O) groups excluding carboxylic acids is 1. The van der Waals surface area contributed by atoms with E-state index in [0.717, 1.165) is 80.5 Å². The number of rotatable bonds is 6. The molecule has 0 saturated carbocycles. The van der Waals surface area contributed by atoms with Gasteiger partial charge in [0, 0.05) is 43.6 Å².